The summed E-state index contributed by atoms with van der Waals surface area (Å²) in [5.74, 6) is 0.113. The van der Waals surface area contributed by atoms with Gasteiger partial charge in [-0.05, 0) is 30.5 Å². The third-order valence-electron chi connectivity index (χ3n) is 2.75. The van der Waals surface area contributed by atoms with Crippen LogP contribution in [0.4, 0.5) is 0 Å². The van der Waals surface area contributed by atoms with Crippen molar-refractivity contribution in [2.45, 2.75) is 24.7 Å². The topological polar surface area (TPSA) is 51.2 Å². The van der Waals surface area contributed by atoms with Gasteiger partial charge in [-0.2, -0.15) is 0 Å². The van der Waals surface area contributed by atoms with Crippen LogP contribution in [0.3, 0.4) is 0 Å². The van der Waals surface area contributed by atoms with Crippen LogP contribution in [0.25, 0.3) is 0 Å². The molecule has 0 amide bonds. The van der Waals surface area contributed by atoms with E-state index in [1.807, 2.05) is 6.92 Å². The lowest BCUT2D eigenvalue weighted by atomic mass is 10.00. The van der Waals surface area contributed by atoms with Crippen LogP contribution < -0.4 is 0 Å². The molecule has 1 heterocycles. The second-order valence-corrected chi connectivity index (χ2v) is 5.99. The Morgan fingerprint density at radius 1 is 1.40 bits per heavy atom. The summed E-state index contributed by atoms with van der Waals surface area (Å²) >= 11 is 0. The average molecular weight is 224 g/mol. The standard InChI is InChI=1S/C11H12O3S/c1-7-6-15(13,14)11-4-3-9(8(2)12)5-10(7)11/h3-5,7H,6H2,1-2H3. The minimum Gasteiger partial charge on any atom is -0.295 e. The summed E-state index contributed by atoms with van der Waals surface area (Å²) in [6, 6.07) is 4.83. The molecule has 0 aromatic heterocycles. The molecule has 3 nitrogen and oxygen atoms in total. The van der Waals surface area contributed by atoms with E-state index in [2.05, 4.69) is 0 Å². The van der Waals surface area contributed by atoms with Crippen LogP contribution in [-0.2, 0) is 9.84 Å². The fourth-order valence-corrected chi connectivity index (χ4v) is 3.86. The molecule has 0 spiro atoms. The lowest BCUT2D eigenvalue weighted by Gasteiger charge is -2.03. The minimum absolute atomic E-state index is 0.00991. The van der Waals surface area contributed by atoms with Crippen molar-refractivity contribution in [2.75, 3.05) is 5.75 Å². The molecule has 1 unspecified atom stereocenters. The van der Waals surface area contributed by atoms with Gasteiger partial charge in [-0.1, -0.05) is 13.0 Å². The summed E-state index contributed by atoms with van der Waals surface area (Å²) in [7, 11) is -3.11. The maximum atomic E-state index is 11.7. The first kappa shape index (κ1) is 10.4. The van der Waals surface area contributed by atoms with E-state index in [9.17, 15) is 13.2 Å². The molecule has 4 heteroatoms. The van der Waals surface area contributed by atoms with Crippen LogP contribution in [0, 0.1) is 0 Å². The molecule has 1 aliphatic rings. The third kappa shape index (κ3) is 1.59. The van der Waals surface area contributed by atoms with Crippen LogP contribution in [0.1, 0.15) is 35.7 Å². The zero-order chi connectivity index (χ0) is 11.2. The van der Waals surface area contributed by atoms with E-state index in [4.69, 9.17) is 0 Å². The van der Waals surface area contributed by atoms with Crippen molar-refractivity contribution in [1.82, 2.24) is 0 Å². The second-order valence-electron chi connectivity index (χ2n) is 3.99. The molecule has 0 radical (unpaired) electrons. The van der Waals surface area contributed by atoms with Gasteiger partial charge in [0.05, 0.1) is 10.6 Å². The molecular formula is C11H12O3S. The number of sulfone groups is 1. The van der Waals surface area contributed by atoms with Crippen molar-refractivity contribution < 1.29 is 13.2 Å². The lowest BCUT2D eigenvalue weighted by Crippen LogP contribution is -2.00. The molecule has 0 N–H and O–H groups in total. The molecule has 1 aromatic carbocycles. The highest BCUT2D eigenvalue weighted by Gasteiger charge is 2.32. The first-order valence-corrected chi connectivity index (χ1v) is 6.44. The number of hydrogen-bond acceptors (Lipinski definition) is 3. The van der Waals surface area contributed by atoms with Crippen LogP contribution in [0.2, 0.25) is 0 Å². The van der Waals surface area contributed by atoms with Gasteiger partial charge < -0.3 is 0 Å². The van der Waals surface area contributed by atoms with Gasteiger partial charge in [-0.15, -0.1) is 0 Å². The van der Waals surface area contributed by atoms with Gasteiger partial charge in [0.25, 0.3) is 0 Å². The molecule has 0 aliphatic carbocycles. The maximum Gasteiger partial charge on any atom is 0.179 e. The van der Waals surface area contributed by atoms with Crippen LogP contribution in [0.5, 0.6) is 0 Å². The minimum atomic E-state index is -3.11. The number of ketones is 1. The van der Waals surface area contributed by atoms with Crippen LogP contribution in [-0.4, -0.2) is 20.0 Å². The van der Waals surface area contributed by atoms with Gasteiger partial charge in [0.1, 0.15) is 0 Å². The molecule has 1 aromatic rings. The summed E-state index contributed by atoms with van der Waals surface area (Å²) in [6.07, 6.45) is 0. The van der Waals surface area contributed by atoms with Gasteiger partial charge in [0.2, 0.25) is 0 Å². The van der Waals surface area contributed by atoms with Crippen molar-refractivity contribution in [1.29, 1.82) is 0 Å². The highest BCUT2D eigenvalue weighted by atomic mass is 32.2. The summed E-state index contributed by atoms with van der Waals surface area (Å²) in [6.45, 7) is 3.35. The summed E-state index contributed by atoms with van der Waals surface area (Å²) in [4.78, 5) is 11.6. The Hall–Kier alpha value is -1.16. The second kappa shape index (κ2) is 3.17. The van der Waals surface area contributed by atoms with E-state index in [0.717, 1.165) is 5.56 Å². The molecule has 0 fully saturated rings. The van der Waals surface area contributed by atoms with Crippen LogP contribution >= 0.6 is 0 Å². The molecular weight excluding hydrogens is 212 g/mol. The SMILES string of the molecule is CC(=O)c1ccc2c(c1)C(C)CS2(=O)=O. The third-order valence-corrected chi connectivity index (χ3v) is 4.73. The molecule has 0 saturated heterocycles. The lowest BCUT2D eigenvalue weighted by molar-refractivity contribution is 0.101. The Bertz CT molecular complexity index is 529. The van der Waals surface area contributed by atoms with Gasteiger partial charge in [-0.3, -0.25) is 4.79 Å². The van der Waals surface area contributed by atoms with E-state index in [1.165, 1.54) is 6.92 Å². The Balaban J connectivity index is 2.66. The number of benzene rings is 1. The Labute approximate surface area is 89.0 Å². The number of fused-ring (bicyclic) bond motifs is 1. The average Bonchev–Trinajstić information content (AvgIpc) is 2.37. The monoisotopic (exact) mass is 224 g/mol. The number of carbonyl (C=O) groups excluding carboxylic acids is 1. The number of rotatable bonds is 1. The Kier molecular flexibility index (Phi) is 2.19. The number of carbonyl (C=O) groups is 1. The fraction of sp³-hybridized carbons (Fsp3) is 0.364. The van der Waals surface area contributed by atoms with E-state index < -0.39 is 9.84 Å². The van der Waals surface area contributed by atoms with Crippen molar-refractivity contribution in [2.24, 2.45) is 0 Å². The van der Waals surface area contributed by atoms with Gasteiger partial charge >= 0.3 is 0 Å². The van der Waals surface area contributed by atoms with E-state index in [-0.39, 0.29) is 17.5 Å². The van der Waals surface area contributed by atoms with E-state index in [1.54, 1.807) is 18.2 Å². The maximum absolute atomic E-state index is 11.7. The first-order valence-electron chi connectivity index (χ1n) is 4.79. The van der Waals surface area contributed by atoms with E-state index in [0.29, 0.717) is 10.5 Å². The molecule has 0 saturated carbocycles. The summed E-state index contributed by atoms with van der Waals surface area (Å²) < 4.78 is 23.3. The smallest absolute Gasteiger partial charge is 0.179 e. The zero-order valence-corrected chi connectivity index (χ0v) is 9.47. The number of Topliss-reactive ketones (excluding diaryl/α,β-unsaturated/α-hetero) is 1. The summed E-state index contributed by atoms with van der Waals surface area (Å²) in [5, 5.41) is 0. The summed E-state index contributed by atoms with van der Waals surface area (Å²) in [5.41, 5.74) is 1.36. The molecule has 1 atom stereocenters. The van der Waals surface area contributed by atoms with Crippen molar-refractivity contribution in [3.8, 4) is 0 Å². The van der Waals surface area contributed by atoms with Gasteiger partial charge in [-0.25, -0.2) is 8.42 Å². The quantitative estimate of drug-likeness (QED) is 0.683. The normalized spacial score (nSPS) is 22.4. The van der Waals surface area contributed by atoms with E-state index >= 15 is 0 Å². The van der Waals surface area contributed by atoms with Crippen molar-refractivity contribution >= 4 is 15.6 Å². The molecule has 80 valence electrons. The molecule has 15 heavy (non-hydrogen) atoms. The van der Waals surface area contributed by atoms with Gasteiger partial charge in [0.15, 0.2) is 15.6 Å². The fourth-order valence-electron chi connectivity index (χ4n) is 1.94. The van der Waals surface area contributed by atoms with Crippen LogP contribution in [0.15, 0.2) is 23.1 Å². The predicted molar refractivity (Wildman–Crippen MR) is 56.9 cm³/mol. The largest absolute Gasteiger partial charge is 0.295 e. The van der Waals surface area contributed by atoms with Gasteiger partial charge in [0, 0.05) is 5.56 Å². The number of hydrogen-bond donors (Lipinski definition) is 0. The molecule has 0 bridgehead atoms. The van der Waals surface area contributed by atoms with Crippen molar-refractivity contribution in [3.05, 3.63) is 29.3 Å². The molecule has 2 rings (SSSR count). The Morgan fingerprint density at radius 3 is 2.67 bits per heavy atom. The first-order chi connectivity index (χ1) is 6.92. The van der Waals surface area contributed by atoms with Crippen molar-refractivity contribution in [3.63, 3.8) is 0 Å². The molecule has 1 aliphatic heterocycles. The predicted octanol–water partition coefficient (Wildman–Crippen LogP) is 1.78. The Morgan fingerprint density at radius 2 is 2.07 bits per heavy atom. The zero-order valence-electron chi connectivity index (χ0n) is 8.65. The highest BCUT2D eigenvalue weighted by Crippen LogP contribution is 2.35. The highest BCUT2D eigenvalue weighted by molar-refractivity contribution is 7.91.